The van der Waals surface area contributed by atoms with Crippen LogP contribution in [-0.4, -0.2) is 12.5 Å². The van der Waals surface area contributed by atoms with Crippen molar-refractivity contribution in [3.05, 3.63) is 22.2 Å². The first-order chi connectivity index (χ1) is 8.82. The first kappa shape index (κ1) is 14.4. The average Bonchev–Trinajstić information content (AvgIpc) is 2.53. The molecule has 4 heteroatoms. The number of carbonyl (C=O) groups excluding carboxylic acids is 1. The fourth-order valence-electron chi connectivity index (χ4n) is 2.69. The Kier molecular flexibility index (Phi) is 3.90. The Labute approximate surface area is 123 Å². The van der Waals surface area contributed by atoms with E-state index < -0.39 is 0 Å². The first-order valence-corrected chi connectivity index (χ1v) is 7.52. The molecule has 0 bridgehead atoms. The predicted octanol–water partition coefficient (Wildman–Crippen LogP) is 3.77. The number of hydrogen-bond acceptors (Lipinski definition) is 2. The maximum Gasteiger partial charge on any atom is 0.234 e. The van der Waals surface area contributed by atoms with Crippen molar-refractivity contribution >= 4 is 33.2 Å². The van der Waals surface area contributed by atoms with Gasteiger partial charge in [0.15, 0.2) is 0 Å². The van der Waals surface area contributed by atoms with Gasteiger partial charge in [0.1, 0.15) is 0 Å². The zero-order valence-corrected chi connectivity index (χ0v) is 13.5. The molecule has 1 unspecified atom stereocenters. The van der Waals surface area contributed by atoms with Crippen molar-refractivity contribution in [2.45, 2.75) is 33.6 Å². The molecule has 19 heavy (non-hydrogen) atoms. The van der Waals surface area contributed by atoms with Gasteiger partial charge in [-0.25, -0.2) is 0 Å². The Morgan fingerprint density at radius 2 is 1.95 bits per heavy atom. The molecule has 1 atom stereocenters. The fourth-order valence-corrected chi connectivity index (χ4v) is 3.05. The van der Waals surface area contributed by atoms with E-state index in [1.807, 2.05) is 17.0 Å². The van der Waals surface area contributed by atoms with Crippen molar-refractivity contribution in [2.75, 3.05) is 17.2 Å². The van der Waals surface area contributed by atoms with E-state index in [2.05, 4.69) is 43.6 Å². The molecule has 0 spiro atoms. The second-order valence-electron chi connectivity index (χ2n) is 6.00. The van der Waals surface area contributed by atoms with Gasteiger partial charge in [0.2, 0.25) is 5.91 Å². The van der Waals surface area contributed by atoms with Crippen LogP contribution in [0, 0.1) is 11.8 Å². The number of rotatable bonds is 3. The summed E-state index contributed by atoms with van der Waals surface area (Å²) in [6.07, 6.45) is 0. The van der Waals surface area contributed by atoms with Crippen molar-refractivity contribution in [1.29, 1.82) is 0 Å². The molecule has 0 fully saturated rings. The lowest BCUT2D eigenvalue weighted by atomic mass is 9.90. The largest absolute Gasteiger partial charge is 0.398 e. The summed E-state index contributed by atoms with van der Waals surface area (Å²) in [5.41, 5.74) is 8.74. The van der Waals surface area contributed by atoms with Gasteiger partial charge in [-0.2, -0.15) is 0 Å². The second-order valence-corrected chi connectivity index (χ2v) is 6.85. The topological polar surface area (TPSA) is 46.3 Å². The summed E-state index contributed by atoms with van der Waals surface area (Å²) in [5.74, 6) is 0.883. The van der Waals surface area contributed by atoms with Crippen LogP contribution in [0.25, 0.3) is 0 Å². The van der Waals surface area contributed by atoms with Crippen molar-refractivity contribution < 1.29 is 4.79 Å². The lowest BCUT2D eigenvalue weighted by Gasteiger charge is -2.21. The molecule has 104 valence electrons. The van der Waals surface area contributed by atoms with E-state index >= 15 is 0 Å². The van der Waals surface area contributed by atoms with Gasteiger partial charge in [-0.05, 0) is 45.5 Å². The molecule has 1 aromatic carbocycles. The maximum absolute atomic E-state index is 12.6. The van der Waals surface area contributed by atoms with E-state index in [1.54, 1.807) is 0 Å². The van der Waals surface area contributed by atoms with E-state index in [0.717, 1.165) is 22.3 Å². The van der Waals surface area contributed by atoms with Crippen LogP contribution < -0.4 is 10.6 Å². The van der Waals surface area contributed by atoms with Crippen LogP contribution in [0.3, 0.4) is 0 Å². The average molecular weight is 325 g/mol. The standard InChI is InChI=1S/C15H21BrN2O/c1-8(2)7-18-13-6-12(17)11(16)5-10(13)14(9(3)4)15(18)19/h5-6,8-9,14H,7,17H2,1-4H3. The summed E-state index contributed by atoms with van der Waals surface area (Å²) < 4.78 is 0.871. The molecular formula is C15H21BrN2O. The molecule has 1 amide bonds. The number of nitrogens with zero attached hydrogens (tertiary/aromatic N) is 1. The number of benzene rings is 1. The number of hydrogen-bond donors (Lipinski definition) is 1. The van der Waals surface area contributed by atoms with Crippen LogP contribution in [0.2, 0.25) is 0 Å². The van der Waals surface area contributed by atoms with Crippen molar-refractivity contribution in [2.24, 2.45) is 11.8 Å². The predicted molar refractivity (Wildman–Crippen MR) is 83.3 cm³/mol. The number of nitrogen functional groups attached to an aromatic ring is 1. The van der Waals surface area contributed by atoms with Crippen LogP contribution in [0.1, 0.15) is 39.2 Å². The highest BCUT2D eigenvalue weighted by molar-refractivity contribution is 9.10. The first-order valence-electron chi connectivity index (χ1n) is 6.73. The summed E-state index contributed by atoms with van der Waals surface area (Å²) in [6.45, 7) is 9.18. The van der Waals surface area contributed by atoms with E-state index in [4.69, 9.17) is 5.73 Å². The molecule has 0 saturated carbocycles. The third kappa shape index (κ3) is 2.50. The van der Waals surface area contributed by atoms with Gasteiger partial charge in [-0.3, -0.25) is 4.79 Å². The minimum atomic E-state index is -0.0503. The van der Waals surface area contributed by atoms with Gasteiger partial charge in [-0.1, -0.05) is 27.7 Å². The normalized spacial score (nSPS) is 18.6. The third-order valence-electron chi connectivity index (χ3n) is 3.52. The van der Waals surface area contributed by atoms with Gasteiger partial charge in [0, 0.05) is 22.4 Å². The van der Waals surface area contributed by atoms with E-state index in [0.29, 0.717) is 17.5 Å². The molecular weight excluding hydrogens is 304 g/mol. The number of nitrogens with two attached hydrogens (primary N) is 1. The highest BCUT2D eigenvalue weighted by Crippen LogP contribution is 2.44. The van der Waals surface area contributed by atoms with Gasteiger partial charge < -0.3 is 10.6 Å². The molecule has 1 heterocycles. The SMILES string of the molecule is CC(C)CN1C(=O)C(C(C)C)c2cc(Br)c(N)cc21. The van der Waals surface area contributed by atoms with Crippen LogP contribution >= 0.6 is 15.9 Å². The van der Waals surface area contributed by atoms with E-state index in [1.165, 1.54) is 0 Å². The quantitative estimate of drug-likeness (QED) is 0.860. The van der Waals surface area contributed by atoms with Crippen LogP contribution in [0.5, 0.6) is 0 Å². The smallest absolute Gasteiger partial charge is 0.234 e. The van der Waals surface area contributed by atoms with Crippen LogP contribution in [0.15, 0.2) is 16.6 Å². The molecule has 0 radical (unpaired) electrons. The van der Waals surface area contributed by atoms with Crippen molar-refractivity contribution in [3.63, 3.8) is 0 Å². The number of carbonyl (C=O) groups is 1. The minimum absolute atomic E-state index is 0.0503. The lowest BCUT2D eigenvalue weighted by Crippen LogP contribution is -2.33. The van der Waals surface area contributed by atoms with Crippen LogP contribution in [0.4, 0.5) is 11.4 Å². The Morgan fingerprint density at radius 1 is 1.32 bits per heavy atom. The summed E-state index contributed by atoms with van der Waals surface area (Å²) in [4.78, 5) is 14.5. The monoisotopic (exact) mass is 324 g/mol. The number of anilines is 2. The third-order valence-corrected chi connectivity index (χ3v) is 4.21. The molecule has 1 aromatic rings. The summed E-state index contributed by atoms with van der Waals surface area (Å²) in [6, 6.07) is 3.93. The zero-order valence-electron chi connectivity index (χ0n) is 11.9. The lowest BCUT2D eigenvalue weighted by molar-refractivity contribution is -0.120. The summed E-state index contributed by atoms with van der Waals surface area (Å²) in [5, 5.41) is 0. The maximum atomic E-state index is 12.6. The Bertz CT molecular complexity index is 511. The van der Waals surface area contributed by atoms with Crippen molar-refractivity contribution in [1.82, 2.24) is 0 Å². The zero-order chi connectivity index (χ0) is 14.3. The molecule has 1 aliphatic rings. The van der Waals surface area contributed by atoms with E-state index in [-0.39, 0.29) is 11.8 Å². The summed E-state index contributed by atoms with van der Waals surface area (Å²) >= 11 is 3.46. The van der Waals surface area contributed by atoms with Gasteiger partial charge in [0.25, 0.3) is 0 Å². The number of amides is 1. The molecule has 0 saturated heterocycles. The van der Waals surface area contributed by atoms with Crippen LogP contribution in [-0.2, 0) is 4.79 Å². The van der Waals surface area contributed by atoms with E-state index in [9.17, 15) is 4.79 Å². The Morgan fingerprint density at radius 3 is 2.47 bits per heavy atom. The van der Waals surface area contributed by atoms with Gasteiger partial charge >= 0.3 is 0 Å². The molecule has 2 rings (SSSR count). The minimum Gasteiger partial charge on any atom is -0.398 e. The molecule has 2 N–H and O–H groups in total. The molecule has 3 nitrogen and oxygen atoms in total. The second kappa shape index (κ2) is 5.16. The van der Waals surface area contributed by atoms with Crippen molar-refractivity contribution in [3.8, 4) is 0 Å². The molecule has 0 aliphatic carbocycles. The molecule has 1 aliphatic heterocycles. The highest BCUT2D eigenvalue weighted by Gasteiger charge is 2.39. The fraction of sp³-hybridized carbons (Fsp3) is 0.533. The number of fused-ring (bicyclic) bond motifs is 1. The Hall–Kier alpha value is -1.03. The Balaban J connectivity index is 2.53. The number of halogens is 1. The van der Waals surface area contributed by atoms with Gasteiger partial charge in [-0.15, -0.1) is 0 Å². The molecule has 0 aromatic heterocycles. The highest BCUT2D eigenvalue weighted by atomic mass is 79.9. The summed E-state index contributed by atoms with van der Waals surface area (Å²) in [7, 11) is 0. The van der Waals surface area contributed by atoms with Gasteiger partial charge in [0.05, 0.1) is 5.92 Å².